The van der Waals surface area contributed by atoms with Crippen LogP contribution in [0.15, 0.2) is 0 Å². The zero-order valence-electron chi connectivity index (χ0n) is 22.8. The summed E-state index contributed by atoms with van der Waals surface area (Å²) in [6.07, 6.45) is -19.8. The van der Waals surface area contributed by atoms with Gasteiger partial charge in [-0.05, 0) is 6.42 Å². The number of aliphatic hydroxyl groups is 7. The van der Waals surface area contributed by atoms with E-state index in [1.165, 1.54) is 0 Å². The van der Waals surface area contributed by atoms with Crippen molar-refractivity contribution in [3.63, 3.8) is 0 Å². The van der Waals surface area contributed by atoms with Gasteiger partial charge in [0.2, 0.25) is 0 Å². The Kier molecular flexibility index (Phi) is 11.5. The van der Waals surface area contributed by atoms with Crippen molar-refractivity contribution in [1.29, 1.82) is 0 Å². The number of nitrogens with two attached hydrogens (primary N) is 6. The van der Waals surface area contributed by atoms with Gasteiger partial charge in [-0.1, -0.05) is 0 Å². The molecule has 0 aromatic carbocycles. The number of rotatable bonds is 9. The Morgan fingerprint density at radius 2 is 0.976 bits per heavy atom. The molecule has 19 nitrogen and oxygen atoms in total. The smallest absolute Gasteiger partial charge is 0.187 e. The van der Waals surface area contributed by atoms with Gasteiger partial charge < -0.3 is 98.6 Å². The van der Waals surface area contributed by atoms with Gasteiger partial charge in [0, 0.05) is 25.2 Å². The SMILES string of the molecule is NC[C@@H]1O[C@H](O[C@H]2[C@@H](O)[C@H](O[C@H]3[C@H](O)[C@@H](N)C[C@@H](N)[C@@H]3O[C@@H]3O[C@H](CN)[C@@H](O)[C@@H](O)[C@H]3N)O[C@@H]2CO)[C@@H](N)[C@H](O)[C@@H]1O. The van der Waals surface area contributed by atoms with E-state index in [4.69, 9.17) is 62.8 Å². The van der Waals surface area contributed by atoms with E-state index in [0.29, 0.717) is 0 Å². The van der Waals surface area contributed by atoms with Gasteiger partial charge in [0.25, 0.3) is 0 Å². The molecule has 3 aliphatic heterocycles. The highest BCUT2D eigenvalue weighted by Gasteiger charge is 2.54. The lowest BCUT2D eigenvalue weighted by Gasteiger charge is -2.47. The Morgan fingerprint density at radius 1 is 0.524 bits per heavy atom. The summed E-state index contributed by atoms with van der Waals surface area (Å²) in [5, 5.41) is 73.0. The summed E-state index contributed by atoms with van der Waals surface area (Å²) in [6.45, 7) is -0.967. The minimum absolute atomic E-state index is 0.0889. The van der Waals surface area contributed by atoms with E-state index in [-0.39, 0.29) is 19.5 Å². The molecule has 0 amide bonds. The third kappa shape index (κ3) is 6.60. The Morgan fingerprint density at radius 3 is 1.45 bits per heavy atom. The van der Waals surface area contributed by atoms with Gasteiger partial charge in [0.15, 0.2) is 18.9 Å². The largest absolute Gasteiger partial charge is 0.394 e. The maximum atomic E-state index is 11.1. The zero-order chi connectivity index (χ0) is 31.0. The van der Waals surface area contributed by atoms with Crippen LogP contribution in [0.5, 0.6) is 0 Å². The van der Waals surface area contributed by atoms with Crippen molar-refractivity contribution in [3.8, 4) is 0 Å². The first-order valence-electron chi connectivity index (χ1n) is 13.9. The first kappa shape index (κ1) is 34.1. The molecule has 0 unspecified atom stereocenters. The van der Waals surface area contributed by atoms with Crippen LogP contribution in [0.4, 0.5) is 0 Å². The fourth-order valence-corrected chi connectivity index (χ4v) is 5.74. The van der Waals surface area contributed by atoms with Gasteiger partial charge in [0.1, 0.15) is 67.1 Å². The third-order valence-electron chi connectivity index (χ3n) is 8.37. The predicted molar refractivity (Wildman–Crippen MR) is 138 cm³/mol. The summed E-state index contributed by atoms with van der Waals surface area (Å²) in [5.41, 5.74) is 35.6. The number of aliphatic hydroxyl groups excluding tert-OH is 7. The molecule has 0 bridgehead atoms. The van der Waals surface area contributed by atoms with Crippen LogP contribution in [-0.4, -0.2) is 172 Å². The number of hydrogen-bond donors (Lipinski definition) is 13. The standard InChI is InChI=1S/C23H46N6O13/c24-2-7-13(32)15(34)10(28)21(37-7)40-18-6(27)1-5(26)12(31)20(18)42-23-17(36)19(9(4-30)39-23)41-22-11(29)16(35)14(33)8(3-25)38-22/h5-23,30-36H,1-4,24-29H2/t5-,6+,7+,8-,9+,10+,11-,12+,13+,14+,15-,16-,17+,18-,19+,20-,21-,22+,23-/m0/s1. The van der Waals surface area contributed by atoms with Crippen LogP contribution in [0.3, 0.4) is 0 Å². The molecule has 4 aliphatic rings. The normalized spacial score (nSPS) is 53.8. The van der Waals surface area contributed by atoms with Crippen molar-refractivity contribution in [1.82, 2.24) is 0 Å². The summed E-state index contributed by atoms with van der Waals surface area (Å²) in [4.78, 5) is 0. The second-order valence-corrected chi connectivity index (χ2v) is 11.2. The highest BCUT2D eigenvalue weighted by Crippen LogP contribution is 2.34. The van der Waals surface area contributed by atoms with Gasteiger partial charge in [-0.25, -0.2) is 0 Å². The molecular weight excluding hydrogens is 568 g/mol. The van der Waals surface area contributed by atoms with Crippen LogP contribution >= 0.6 is 0 Å². The quantitative estimate of drug-likeness (QED) is 0.115. The average molecular weight is 615 g/mol. The minimum Gasteiger partial charge on any atom is -0.394 e. The van der Waals surface area contributed by atoms with Gasteiger partial charge in [-0.3, -0.25) is 0 Å². The Labute approximate surface area is 241 Å². The molecule has 3 heterocycles. The lowest BCUT2D eigenvalue weighted by molar-refractivity contribution is -0.306. The molecule has 0 aromatic heterocycles. The van der Waals surface area contributed by atoms with Crippen LogP contribution in [0, 0.1) is 0 Å². The van der Waals surface area contributed by atoms with Crippen LogP contribution < -0.4 is 34.4 Å². The fraction of sp³-hybridized carbons (Fsp3) is 1.00. The first-order chi connectivity index (χ1) is 19.8. The van der Waals surface area contributed by atoms with Crippen molar-refractivity contribution in [2.45, 2.75) is 123 Å². The van der Waals surface area contributed by atoms with E-state index < -0.39 is 123 Å². The fourth-order valence-electron chi connectivity index (χ4n) is 5.74. The van der Waals surface area contributed by atoms with E-state index in [1.807, 2.05) is 0 Å². The van der Waals surface area contributed by atoms with E-state index in [9.17, 15) is 35.7 Å². The molecule has 19 heteroatoms. The van der Waals surface area contributed by atoms with Crippen molar-refractivity contribution in [3.05, 3.63) is 0 Å². The van der Waals surface area contributed by atoms with E-state index in [0.717, 1.165) is 0 Å². The summed E-state index contributed by atoms with van der Waals surface area (Å²) < 4.78 is 34.6. The highest BCUT2D eigenvalue weighted by molar-refractivity contribution is 5.02. The molecule has 0 radical (unpaired) electrons. The van der Waals surface area contributed by atoms with Gasteiger partial charge in [0.05, 0.1) is 24.8 Å². The summed E-state index contributed by atoms with van der Waals surface area (Å²) in [5.74, 6) is 0. The van der Waals surface area contributed by atoms with Crippen molar-refractivity contribution in [2.75, 3.05) is 19.7 Å². The zero-order valence-corrected chi connectivity index (χ0v) is 22.8. The van der Waals surface area contributed by atoms with Gasteiger partial charge in [-0.15, -0.1) is 0 Å². The molecule has 3 saturated heterocycles. The summed E-state index contributed by atoms with van der Waals surface area (Å²) >= 11 is 0. The second kappa shape index (κ2) is 14.1. The van der Waals surface area contributed by atoms with Crippen LogP contribution in [0.25, 0.3) is 0 Å². The molecule has 0 aromatic rings. The molecule has 4 fully saturated rings. The average Bonchev–Trinajstić information content (AvgIpc) is 3.27. The van der Waals surface area contributed by atoms with E-state index in [1.54, 1.807) is 0 Å². The van der Waals surface area contributed by atoms with Gasteiger partial charge >= 0.3 is 0 Å². The molecule has 19 N–H and O–H groups in total. The van der Waals surface area contributed by atoms with E-state index >= 15 is 0 Å². The van der Waals surface area contributed by atoms with E-state index in [2.05, 4.69) is 0 Å². The lowest BCUT2D eigenvalue weighted by Crippen LogP contribution is -2.68. The third-order valence-corrected chi connectivity index (χ3v) is 8.37. The highest BCUT2D eigenvalue weighted by atomic mass is 16.8. The molecule has 0 spiro atoms. The molecule has 4 rings (SSSR count). The monoisotopic (exact) mass is 614 g/mol. The maximum absolute atomic E-state index is 11.1. The molecular formula is C23H46N6O13. The summed E-state index contributed by atoms with van der Waals surface area (Å²) in [6, 6.07) is -4.18. The van der Waals surface area contributed by atoms with Gasteiger partial charge in [-0.2, -0.15) is 0 Å². The number of hydrogen-bond acceptors (Lipinski definition) is 19. The molecule has 1 aliphatic carbocycles. The minimum atomic E-state index is -1.60. The lowest BCUT2D eigenvalue weighted by atomic mass is 9.84. The van der Waals surface area contributed by atoms with Crippen LogP contribution in [0.2, 0.25) is 0 Å². The Bertz CT molecular complexity index is 868. The van der Waals surface area contributed by atoms with Crippen LogP contribution in [0.1, 0.15) is 6.42 Å². The summed E-state index contributed by atoms with van der Waals surface area (Å²) in [7, 11) is 0. The van der Waals surface area contributed by atoms with Crippen molar-refractivity contribution in [2.24, 2.45) is 34.4 Å². The van der Waals surface area contributed by atoms with Crippen LogP contribution in [-0.2, 0) is 28.4 Å². The predicted octanol–water partition coefficient (Wildman–Crippen LogP) is -8.90. The number of ether oxygens (including phenoxy) is 6. The van der Waals surface area contributed by atoms with Crippen molar-refractivity contribution >= 4 is 0 Å². The maximum Gasteiger partial charge on any atom is 0.187 e. The van der Waals surface area contributed by atoms with Crippen molar-refractivity contribution < 1.29 is 64.2 Å². The Hall–Kier alpha value is -0.760. The molecule has 19 atom stereocenters. The Balaban J connectivity index is 1.50. The molecule has 1 saturated carbocycles. The second-order valence-electron chi connectivity index (χ2n) is 11.2. The molecule has 246 valence electrons. The topological polar surface area (TPSA) is 353 Å². The first-order valence-corrected chi connectivity index (χ1v) is 13.9. The molecule has 42 heavy (non-hydrogen) atoms.